The van der Waals surface area contributed by atoms with Crippen LogP contribution in [0, 0.1) is 6.92 Å². The molecule has 4 rings (SSSR count). The highest BCUT2D eigenvalue weighted by Gasteiger charge is 2.46. The highest BCUT2D eigenvalue weighted by molar-refractivity contribution is 6.23. The molecule has 3 amide bonds. The van der Waals surface area contributed by atoms with Gasteiger partial charge in [-0.1, -0.05) is 69.9 Å². The van der Waals surface area contributed by atoms with Gasteiger partial charge in [0, 0.05) is 11.6 Å². The van der Waals surface area contributed by atoms with Crippen molar-refractivity contribution in [3.8, 4) is 0 Å². The largest absolute Gasteiger partial charge is 0.323 e. The molecule has 1 atom stereocenters. The predicted octanol–water partition coefficient (Wildman–Crippen LogP) is 5.62. The fraction of sp³-hybridized carbons (Fsp3) is 0.464. The van der Waals surface area contributed by atoms with E-state index in [1.54, 1.807) is 4.90 Å². The van der Waals surface area contributed by atoms with Crippen molar-refractivity contribution in [3.05, 3.63) is 65.2 Å². The van der Waals surface area contributed by atoms with E-state index in [2.05, 4.69) is 13.8 Å². The second-order valence-electron chi connectivity index (χ2n) is 9.71. The van der Waals surface area contributed by atoms with E-state index in [1.165, 1.54) is 4.90 Å². The highest BCUT2D eigenvalue weighted by Crippen LogP contribution is 2.32. The number of rotatable bonds is 5. The Morgan fingerprint density at radius 1 is 0.939 bits per heavy atom. The van der Waals surface area contributed by atoms with Crippen molar-refractivity contribution in [1.82, 2.24) is 4.90 Å². The maximum absolute atomic E-state index is 13.8. The molecule has 2 aromatic rings. The molecule has 2 aromatic carbocycles. The summed E-state index contributed by atoms with van der Waals surface area (Å²) in [6, 6.07) is 14.4. The van der Waals surface area contributed by atoms with E-state index < -0.39 is 6.04 Å². The molecule has 1 saturated carbocycles. The summed E-state index contributed by atoms with van der Waals surface area (Å²) in [5.74, 6) is -0.292. The van der Waals surface area contributed by atoms with Gasteiger partial charge in [0.25, 0.3) is 11.8 Å². The van der Waals surface area contributed by atoms with Gasteiger partial charge in [0.1, 0.15) is 6.04 Å². The van der Waals surface area contributed by atoms with Gasteiger partial charge in [-0.25, -0.2) is 4.90 Å². The molecule has 5 heteroatoms. The summed E-state index contributed by atoms with van der Waals surface area (Å²) < 4.78 is 0. The van der Waals surface area contributed by atoms with Crippen molar-refractivity contribution < 1.29 is 14.4 Å². The third-order valence-electron chi connectivity index (χ3n) is 7.10. The lowest BCUT2D eigenvalue weighted by molar-refractivity contribution is -0.123. The topological polar surface area (TPSA) is 57.7 Å². The number of hydrogen-bond donors (Lipinski definition) is 0. The van der Waals surface area contributed by atoms with Gasteiger partial charge in [-0.3, -0.25) is 14.4 Å². The van der Waals surface area contributed by atoms with Gasteiger partial charge < -0.3 is 4.90 Å². The van der Waals surface area contributed by atoms with Crippen LogP contribution in [0.1, 0.15) is 86.2 Å². The number of hydrogen-bond acceptors (Lipinski definition) is 3. The first-order valence-electron chi connectivity index (χ1n) is 12.2. The van der Waals surface area contributed by atoms with Crippen LogP contribution < -0.4 is 4.90 Å². The minimum absolute atomic E-state index is 0.0235. The highest BCUT2D eigenvalue weighted by atomic mass is 16.2. The van der Waals surface area contributed by atoms with E-state index in [1.807, 2.05) is 55.5 Å². The van der Waals surface area contributed by atoms with E-state index in [9.17, 15) is 14.4 Å². The summed E-state index contributed by atoms with van der Waals surface area (Å²) in [6.45, 7) is 6.14. The minimum Gasteiger partial charge on any atom is -0.323 e. The number of nitrogens with zero attached hydrogens (tertiary/aromatic N) is 2. The fourth-order valence-electron chi connectivity index (χ4n) is 5.16. The molecule has 1 saturated heterocycles. The third kappa shape index (κ3) is 4.73. The third-order valence-corrected chi connectivity index (χ3v) is 7.10. The van der Waals surface area contributed by atoms with Gasteiger partial charge in [0.15, 0.2) is 0 Å². The summed E-state index contributed by atoms with van der Waals surface area (Å²) in [7, 11) is 0. The van der Waals surface area contributed by atoms with Crippen molar-refractivity contribution in [2.75, 3.05) is 4.90 Å². The summed E-state index contributed by atoms with van der Waals surface area (Å²) in [4.78, 5) is 43.6. The van der Waals surface area contributed by atoms with E-state index in [0.29, 0.717) is 17.2 Å². The molecule has 0 aromatic heterocycles. The van der Waals surface area contributed by atoms with Crippen molar-refractivity contribution in [2.24, 2.45) is 0 Å². The number of carbonyl (C=O) groups excluding carboxylic acids is 3. The van der Waals surface area contributed by atoms with Crippen LogP contribution in [-0.4, -0.2) is 34.7 Å². The van der Waals surface area contributed by atoms with Gasteiger partial charge in [-0.15, -0.1) is 0 Å². The van der Waals surface area contributed by atoms with Crippen molar-refractivity contribution >= 4 is 23.4 Å². The second kappa shape index (κ2) is 9.90. The Morgan fingerprint density at radius 2 is 1.58 bits per heavy atom. The molecule has 1 aliphatic carbocycles. The zero-order valence-corrected chi connectivity index (χ0v) is 19.9. The molecule has 2 fully saturated rings. The van der Waals surface area contributed by atoms with Crippen LogP contribution >= 0.6 is 0 Å². The fourth-order valence-corrected chi connectivity index (χ4v) is 5.16. The molecule has 174 valence electrons. The smallest absolute Gasteiger partial charge is 0.257 e. The summed E-state index contributed by atoms with van der Waals surface area (Å²) in [5.41, 5.74) is 3.24. The molecule has 2 aliphatic rings. The number of anilines is 1. The van der Waals surface area contributed by atoms with Crippen LogP contribution in [0.5, 0.6) is 0 Å². The molecule has 5 nitrogen and oxygen atoms in total. The lowest BCUT2D eigenvalue weighted by Crippen LogP contribution is -2.51. The Kier molecular flexibility index (Phi) is 6.96. The molecular formula is C28H34N2O3. The Morgan fingerprint density at radius 3 is 2.18 bits per heavy atom. The van der Waals surface area contributed by atoms with Crippen LogP contribution in [0.25, 0.3) is 0 Å². The minimum atomic E-state index is -0.752. The molecule has 33 heavy (non-hydrogen) atoms. The Hall–Kier alpha value is -2.95. The molecule has 0 spiro atoms. The van der Waals surface area contributed by atoms with E-state index in [0.717, 1.165) is 49.7 Å². The van der Waals surface area contributed by atoms with Gasteiger partial charge in [-0.2, -0.15) is 0 Å². The Bertz CT molecular complexity index is 1020. The maximum atomic E-state index is 13.8. The predicted molar refractivity (Wildman–Crippen MR) is 130 cm³/mol. The van der Waals surface area contributed by atoms with Crippen molar-refractivity contribution in [3.63, 3.8) is 0 Å². The first kappa shape index (κ1) is 23.2. The summed E-state index contributed by atoms with van der Waals surface area (Å²) >= 11 is 0. The standard InChI is InChI=1S/C28H34N2O3/c1-19(2)21-14-16-23(17-15-21)30-26(31)18-25(28(30)33)29(22-11-6-4-5-7-12-22)27(32)24-13-9-8-10-20(24)3/h8-10,13-17,19,22,25H,4-7,11-12,18H2,1-3H3. The molecule has 0 N–H and O–H groups in total. The molecular weight excluding hydrogens is 412 g/mol. The first-order chi connectivity index (χ1) is 15.9. The lowest BCUT2D eigenvalue weighted by Gasteiger charge is -2.35. The quantitative estimate of drug-likeness (QED) is 0.443. The van der Waals surface area contributed by atoms with Crippen LogP contribution in [0.3, 0.4) is 0 Å². The first-order valence-corrected chi connectivity index (χ1v) is 12.2. The number of carbonyl (C=O) groups is 3. The summed E-state index contributed by atoms with van der Waals surface area (Å²) in [6.07, 6.45) is 6.16. The number of aryl methyl sites for hydroxylation is 1. The maximum Gasteiger partial charge on any atom is 0.257 e. The van der Waals surface area contributed by atoms with Crippen molar-refractivity contribution in [2.45, 2.75) is 83.7 Å². The molecule has 1 aliphatic heterocycles. The monoisotopic (exact) mass is 446 g/mol. The number of benzene rings is 2. The van der Waals surface area contributed by atoms with Crippen LogP contribution in [0.15, 0.2) is 48.5 Å². The zero-order chi connectivity index (χ0) is 23.5. The molecule has 1 heterocycles. The van der Waals surface area contributed by atoms with Crippen LogP contribution in [0.4, 0.5) is 5.69 Å². The Labute approximate surface area is 196 Å². The van der Waals surface area contributed by atoms with E-state index >= 15 is 0 Å². The molecule has 0 radical (unpaired) electrons. The summed E-state index contributed by atoms with van der Waals surface area (Å²) in [5, 5.41) is 0. The second-order valence-corrected chi connectivity index (χ2v) is 9.71. The van der Waals surface area contributed by atoms with Gasteiger partial charge in [0.2, 0.25) is 5.91 Å². The average Bonchev–Trinajstić information content (AvgIpc) is 2.97. The molecule has 1 unspecified atom stereocenters. The van der Waals surface area contributed by atoms with Crippen LogP contribution in [-0.2, 0) is 9.59 Å². The number of amides is 3. The normalized spacial score (nSPS) is 19.8. The average molecular weight is 447 g/mol. The van der Waals surface area contributed by atoms with E-state index in [4.69, 9.17) is 0 Å². The number of imide groups is 1. The van der Waals surface area contributed by atoms with Gasteiger partial charge >= 0.3 is 0 Å². The lowest BCUT2D eigenvalue weighted by atomic mass is 10.00. The Balaban J connectivity index is 1.68. The van der Waals surface area contributed by atoms with Crippen LogP contribution in [0.2, 0.25) is 0 Å². The van der Waals surface area contributed by atoms with Crippen molar-refractivity contribution in [1.29, 1.82) is 0 Å². The van der Waals surface area contributed by atoms with Gasteiger partial charge in [-0.05, 0) is 55.0 Å². The zero-order valence-electron chi connectivity index (χ0n) is 19.9. The molecule has 0 bridgehead atoms. The SMILES string of the molecule is Cc1ccccc1C(=O)N(C1CCCCCC1)C1CC(=O)N(c2ccc(C(C)C)cc2)C1=O. The van der Waals surface area contributed by atoms with Gasteiger partial charge in [0.05, 0.1) is 12.1 Å². The van der Waals surface area contributed by atoms with E-state index in [-0.39, 0.29) is 30.2 Å².